The number of ether oxygens (including phenoxy) is 3. The topological polar surface area (TPSA) is 117 Å². The van der Waals surface area contributed by atoms with Gasteiger partial charge >= 0.3 is 5.97 Å². The number of Topliss-reactive ketones (excluding diaryl/α,β-unsaturated/α-hetero) is 1. The van der Waals surface area contributed by atoms with Crippen molar-refractivity contribution in [2.45, 2.75) is 0 Å². The number of cyclic esters (lactones) is 1. The minimum atomic E-state index is -0.781. The highest BCUT2D eigenvalue weighted by Crippen LogP contribution is 2.37. The molecule has 9 nitrogen and oxygen atoms in total. The molecule has 0 aromatic heterocycles. The lowest BCUT2D eigenvalue weighted by Crippen LogP contribution is -2.12. The summed E-state index contributed by atoms with van der Waals surface area (Å²) in [7, 11) is 1.40. The summed E-state index contributed by atoms with van der Waals surface area (Å²) in [6, 6.07) is 15.4. The molecule has 0 bridgehead atoms. The fourth-order valence-electron chi connectivity index (χ4n) is 3.28. The molecule has 0 saturated heterocycles. The van der Waals surface area contributed by atoms with Crippen LogP contribution < -0.4 is 9.47 Å². The van der Waals surface area contributed by atoms with Crippen LogP contribution in [-0.4, -0.2) is 36.3 Å². The van der Waals surface area contributed by atoms with Crippen LogP contribution in [0, 0.1) is 10.1 Å². The van der Waals surface area contributed by atoms with E-state index in [4.69, 9.17) is 37.4 Å². The van der Waals surface area contributed by atoms with Crippen molar-refractivity contribution >= 4 is 52.6 Å². The van der Waals surface area contributed by atoms with Gasteiger partial charge in [0.05, 0.1) is 27.6 Å². The first-order valence-electron chi connectivity index (χ1n) is 10.3. The molecule has 3 aromatic rings. The number of hydrogen-bond acceptors (Lipinski definition) is 8. The summed E-state index contributed by atoms with van der Waals surface area (Å²) in [5.41, 5.74) is 0.707. The normalized spacial score (nSPS) is 13.8. The first-order valence-corrected chi connectivity index (χ1v) is 11.1. The van der Waals surface area contributed by atoms with Crippen molar-refractivity contribution in [1.29, 1.82) is 0 Å². The zero-order chi connectivity index (χ0) is 25.8. The van der Waals surface area contributed by atoms with Crippen LogP contribution in [0.25, 0.3) is 6.08 Å². The average Bonchev–Trinajstić information content (AvgIpc) is 3.23. The number of rotatable bonds is 8. The lowest BCUT2D eigenvalue weighted by molar-refractivity contribution is -0.384. The van der Waals surface area contributed by atoms with Crippen molar-refractivity contribution < 1.29 is 28.7 Å². The van der Waals surface area contributed by atoms with E-state index in [2.05, 4.69) is 4.99 Å². The molecule has 0 N–H and O–H groups in total. The number of nitrogens with zero attached hydrogens (tertiary/aromatic N) is 2. The summed E-state index contributed by atoms with van der Waals surface area (Å²) in [5.74, 6) is -0.802. The number of aliphatic imine (C=N–C) groups is 1. The van der Waals surface area contributed by atoms with E-state index in [9.17, 15) is 19.7 Å². The van der Waals surface area contributed by atoms with Gasteiger partial charge in [0, 0.05) is 17.7 Å². The molecule has 1 aliphatic heterocycles. The van der Waals surface area contributed by atoms with E-state index in [0.717, 1.165) is 0 Å². The van der Waals surface area contributed by atoms with Crippen molar-refractivity contribution in [3.63, 3.8) is 0 Å². The van der Waals surface area contributed by atoms with E-state index in [1.807, 2.05) is 0 Å². The van der Waals surface area contributed by atoms with Gasteiger partial charge in [0.15, 0.2) is 29.6 Å². The Morgan fingerprint density at radius 3 is 2.56 bits per heavy atom. The van der Waals surface area contributed by atoms with E-state index < -0.39 is 10.9 Å². The zero-order valence-corrected chi connectivity index (χ0v) is 20.1. The number of benzene rings is 3. The maximum absolute atomic E-state index is 12.4. The number of nitro groups is 1. The SMILES string of the molecule is COc1cc(/C=C2\N=C(c3cc([N+](=O)[O-])ccc3Cl)OC2=O)cc(Cl)c1OCC(=O)c1ccccc1. The van der Waals surface area contributed by atoms with Gasteiger partial charge in [-0.15, -0.1) is 0 Å². The summed E-state index contributed by atoms with van der Waals surface area (Å²) in [6.45, 7) is -0.259. The van der Waals surface area contributed by atoms with E-state index in [1.54, 1.807) is 36.4 Å². The Morgan fingerprint density at radius 2 is 1.86 bits per heavy atom. The van der Waals surface area contributed by atoms with E-state index in [0.29, 0.717) is 11.1 Å². The minimum Gasteiger partial charge on any atom is -0.493 e. The van der Waals surface area contributed by atoms with Crippen LogP contribution in [0.5, 0.6) is 11.5 Å². The monoisotopic (exact) mass is 526 g/mol. The Kier molecular flexibility index (Phi) is 7.33. The molecule has 0 unspecified atom stereocenters. The number of halogens is 2. The van der Waals surface area contributed by atoms with Crippen LogP contribution in [0.3, 0.4) is 0 Å². The molecule has 11 heteroatoms. The third-order valence-electron chi connectivity index (χ3n) is 5.01. The highest BCUT2D eigenvalue weighted by Gasteiger charge is 2.27. The van der Waals surface area contributed by atoms with Gasteiger partial charge in [-0.25, -0.2) is 9.79 Å². The fourth-order valence-corrected chi connectivity index (χ4v) is 3.75. The molecular weight excluding hydrogens is 511 g/mol. The Labute approximate surface area is 214 Å². The number of hydrogen-bond donors (Lipinski definition) is 0. The predicted octanol–water partition coefficient (Wildman–Crippen LogP) is 5.52. The number of carbonyl (C=O) groups excluding carboxylic acids is 2. The smallest absolute Gasteiger partial charge is 0.363 e. The van der Waals surface area contributed by atoms with Crippen LogP contribution in [-0.2, 0) is 9.53 Å². The van der Waals surface area contributed by atoms with Crippen LogP contribution in [0.4, 0.5) is 5.69 Å². The number of ketones is 1. The van der Waals surface area contributed by atoms with Gasteiger partial charge < -0.3 is 14.2 Å². The summed E-state index contributed by atoms with van der Waals surface area (Å²) < 4.78 is 16.2. The van der Waals surface area contributed by atoms with Gasteiger partial charge in [0.2, 0.25) is 5.90 Å². The van der Waals surface area contributed by atoms with Crippen LogP contribution in [0.15, 0.2) is 71.4 Å². The molecule has 3 aromatic carbocycles. The van der Waals surface area contributed by atoms with Crippen LogP contribution in [0.2, 0.25) is 10.0 Å². The Hall–Kier alpha value is -4.21. The second-order valence-corrected chi connectivity index (χ2v) is 8.18. The summed E-state index contributed by atoms with van der Waals surface area (Å²) in [4.78, 5) is 39.4. The molecule has 0 spiro atoms. The van der Waals surface area contributed by atoms with Crippen molar-refractivity contribution in [2.75, 3.05) is 13.7 Å². The van der Waals surface area contributed by atoms with Gasteiger partial charge in [-0.05, 0) is 29.8 Å². The Bertz CT molecular complexity index is 1440. The molecule has 0 fully saturated rings. The lowest BCUT2D eigenvalue weighted by atomic mass is 10.1. The van der Waals surface area contributed by atoms with Crippen molar-refractivity contribution in [3.8, 4) is 11.5 Å². The van der Waals surface area contributed by atoms with Crippen LogP contribution >= 0.6 is 23.2 Å². The number of carbonyl (C=O) groups is 2. The minimum absolute atomic E-state index is 0.0846. The molecule has 0 radical (unpaired) electrons. The Balaban J connectivity index is 1.59. The molecule has 0 atom stereocenters. The maximum atomic E-state index is 12.4. The fraction of sp³-hybridized carbons (Fsp3) is 0.0800. The van der Waals surface area contributed by atoms with Gasteiger partial charge in [0.25, 0.3) is 5.69 Å². The van der Waals surface area contributed by atoms with Gasteiger partial charge in [-0.1, -0.05) is 53.5 Å². The zero-order valence-electron chi connectivity index (χ0n) is 18.6. The average molecular weight is 527 g/mol. The summed E-state index contributed by atoms with van der Waals surface area (Å²) >= 11 is 12.5. The molecule has 36 heavy (non-hydrogen) atoms. The second-order valence-electron chi connectivity index (χ2n) is 7.37. The molecule has 0 saturated carbocycles. The number of methoxy groups -OCH3 is 1. The highest BCUT2D eigenvalue weighted by atomic mass is 35.5. The van der Waals surface area contributed by atoms with Gasteiger partial charge in [-0.2, -0.15) is 0 Å². The Morgan fingerprint density at radius 1 is 1.11 bits per heavy atom. The van der Waals surface area contributed by atoms with E-state index >= 15 is 0 Å². The molecule has 4 rings (SSSR count). The lowest BCUT2D eigenvalue weighted by Gasteiger charge is -2.13. The van der Waals surface area contributed by atoms with E-state index in [-0.39, 0.29) is 56.8 Å². The number of non-ortho nitro benzene ring substituents is 1. The van der Waals surface area contributed by atoms with Gasteiger partial charge in [0.1, 0.15) is 0 Å². The molecule has 0 amide bonds. The van der Waals surface area contributed by atoms with Crippen LogP contribution in [0.1, 0.15) is 21.5 Å². The maximum Gasteiger partial charge on any atom is 0.363 e. The quantitative estimate of drug-likeness (QED) is 0.125. The highest BCUT2D eigenvalue weighted by molar-refractivity contribution is 6.34. The first-order chi connectivity index (χ1) is 17.3. The standard InChI is InChI=1S/C25H16Cl2N2O7/c1-34-22-11-14(9-19(27)23(22)35-13-21(30)15-5-3-2-4-6-15)10-20-25(31)36-24(28-20)17-12-16(29(32)33)7-8-18(17)26/h2-12H,13H2,1H3/b20-10-. The van der Waals surface area contributed by atoms with Crippen molar-refractivity contribution in [3.05, 3.63) is 103 Å². The van der Waals surface area contributed by atoms with Crippen molar-refractivity contribution in [2.24, 2.45) is 4.99 Å². The molecule has 0 aliphatic carbocycles. The molecular formula is C25H16Cl2N2O7. The number of nitro benzene ring substituents is 1. The van der Waals surface area contributed by atoms with Gasteiger partial charge in [-0.3, -0.25) is 14.9 Å². The summed E-state index contributed by atoms with van der Waals surface area (Å²) in [6.07, 6.45) is 1.40. The van der Waals surface area contributed by atoms with Crippen molar-refractivity contribution in [1.82, 2.24) is 0 Å². The third-order valence-corrected chi connectivity index (χ3v) is 5.62. The third kappa shape index (κ3) is 5.37. The summed E-state index contributed by atoms with van der Waals surface area (Å²) in [5, 5.41) is 11.3. The molecule has 1 aliphatic rings. The molecule has 182 valence electrons. The molecule has 1 heterocycles. The number of esters is 1. The largest absolute Gasteiger partial charge is 0.493 e. The second kappa shape index (κ2) is 10.6. The predicted molar refractivity (Wildman–Crippen MR) is 133 cm³/mol. The first kappa shape index (κ1) is 24.9. The van der Waals surface area contributed by atoms with E-state index in [1.165, 1.54) is 37.5 Å².